The van der Waals surface area contributed by atoms with Crippen LogP contribution in [-0.2, 0) is 11.0 Å². The predicted molar refractivity (Wildman–Crippen MR) is 102 cm³/mol. The van der Waals surface area contributed by atoms with Crippen molar-refractivity contribution in [3.63, 3.8) is 0 Å². The average molecular weight is 411 g/mol. The van der Waals surface area contributed by atoms with E-state index in [-0.39, 0.29) is 16.2 Å². The summed E-state index contributed by atoms with van der Waals surface area (Å²) >= 11 is 6.04. The second kappa shape index (κ2) is 9.41. The number of benzene rings is 2. The quantitative estimate of drug-likeness (QED) is 0.290. The molecule has 0 heterocycles. The van der Waals surface area contributed by atoms with Gasteiger partial charge in [-0.2, -0.15) is 13.2 Å². The van der Waals surface area contributed by atoms with Gasteiger partial charge in [0, 0.05) is 24.0 Å². The minimum absolute atomic E-state index is 0.149. The summed E-state index contributed by atoms with van der Waals surface area (Å²) in [6.45, 7) is 2.23. The van der Waals surface area contributed by atoms with Crippen molar-refractivity contribution in [1.82, 2.24) is 5.32 Å². The highest BCUT2D eigenvalue weighted by Crippen LogP contribution is 2.30. The predicted octanol–water partition coefficient (Wildman–Crippen LogP) is 5.06. The number of alkyl halides is 3. The topological polar surface area (TPSA) is 58.2 Å². The van der Waals surface area contributed by atoms with Crippen molar-refractivity contribution in [1.29, 1.82) is 0 Å². The fourth-order valence-electron chi connectivity index (χ4n) is 2.27. The number of carbonyl (C=O) groups is 2. The standard InChI is InChI=1S/C20H18ClF3N2O2/c1-2-11-25-19(28)16(18(27)15-5-3-4-6-17(15)21)12-26-14-9-7-13(8-10-14)20(22,23)24/h3-10,12,26H,2,11H2,1H3,(H,25,28). The van der Waals surface area contributed by atoms with Gasteiger partial charge >= 0.3 is 6.18 Å². The van der Waals surface area contributed by atoms with Crippen molar-refractivity contribution in [2.75, 3.05) is 11.9 Å². The molecule has 0 saturated carbocycles. The molecular weight excluding hydrogens is 393 g/mol. The largest absolute Gasteiger partial charge is 0.416 e. The maximum Gasteiger partial charge on any atom is 0.416 e. The Morgan fingerprint density at radius 3 is 2.29 bits per heavy atom. The van der Waals surface area contributed by atoms with Crippen LogP contribution < -0.4 is 10.6 Å². The van der Waals surface area contributed by atoms with Crippen LogP contribution in [0.2, 0.25) is 5.02 Å². The summed E-state index contributed by atoms with van der Waals surface area (Å²) in [7, 11) is 0. The highest BCUT2D eigenvalue weighted by Gasteiger charge is 2.30. The molecule has 0 aromatic heterocycles. The number of anilines is 1. The van der Waals surface area contributed by atoms with Crippen molar-refractivity contribution >= 4 is 29.0 Å². The zero-order chi connectivity index (χ0) is 20.7. The summed E-state index contributed by atoms with van der Waals surface area (Å²) in [6.07, 6.45) is -2.61. The van der Waals surface area contributed by atoms with E-state index in [4.69, 9.17) is 11.6 Å². The maximum atomic E-state index is 12.8. The SMILES string of the molecule is CCCNC(=O)C(=CNc1ccc(C(F)(F)F)cc1)C(=O)c1ccccc1Cl. The lowest BCUT2D eigenvalue weighted by Gasteiger charge is -2.11. The van der Waals surface area contributed by atoms with Crippen molar-refractivity contribution in [2.45, 2.75) is 19.5 Å². The number of carbonyl (C=O) groups excluding carboxylic acids is 2. The number of halogens is 4. The minimum Gasteiger partial charge on any atom is -0.361 e. The van der Waals surface area contributed by atoms with Gasteiger partial charge in [0.05, 0.1) is 10.6 Å². The Labute approximate surface area is 165 Å². The van der Waals surface area contributed by atoms with Crippen LogP contribution in [0, 0.1) is 0 Å². The van der Waals surface area contributed by atoms with Gasteiger partial charge in [0.25, 0.3) is 5.91 Å². The van der Waals surface area contributed by atoms with E-state index in [1.165, 1.54) is 30.5 Å². The van der Waals surface area contributed by atoms with E-state index in [0.717, 1.165) is 12.1 Å². The molecule has 8 heteroatoms. The van der Waals surface area contributed by atoms with Gasteiger partial charge in [0.1, 0.15) is 5.57 Å². The van der Waals surface area contributed by atoms with E-state index in [2.05, 4.69) is 10.6 Å². The fraction of sp³-hybridized carbons (Fsp3) is 0.200. The molecule has 0 unspecified atom stereocenters. The Bertz CT molecular complexity index is 878. The van der Waals surface area contributed by atoms with Crippen LogP contribution in [0.4, 0.5) is 18.9 Å². The van der Waals surface area contributed by atoms with Crippen LogP contribution in [0.1, 0.15) is 29.3 Å². The van der Waals surface area contributed by atoms with Gasteiger partial charge in [0.2, 0.25) is 5.78 Å². The Balaban J connectivity index is 2.29. The summed E-state index contributed by atoms with van der Waals surface area (Å²) in [5.41, 5.74) is -0.562. The average Bonchev–Trinajstić information content (AvgIpc) is 2.66. The smallest absolute Gasteiger partial charge is 0.361 e. The van der Waals surface area contributed by atoms with Gasteiger partial charge in [-0.1, -0.05) is 30.7 Å². The highest BCUT2D eigenvalue weighted by molar-refractivity contribution is 6.37. The third kappa shape index (κ3) is 5.60. The molecule has 0 aliphatic carbocycles. The first-order chi connectivity index (χ1) is 13.2. The first-order valence-electron chi connectivity index (χ1n) is 8.45. The molecule has 0 aliphatic heterocycles. The molecule has 0 saturated heterocycles. The molecule has 0 radical (unpaired) electrons. The molecule has 0 bridgehead atoms. The lowest BCUT2D eigenvalue weighted by atomic mass is 10.0. The van der Waals surface area contributed by atoms with E-state index < -0.39 is 23.4 Å². The maximum absolute atomic E-state index is 12.8. The Morgan fingerprint density at radius 1 is 1.07 bits per heavy atom. The number of ketones is 1. The molecule has 0 aliphatic rings. The van der Waals surface area contributed by atoms with Gasteiger partial charge in [-0.15, -0.1) is 0 Å². The highest BCUT2D eigenvalue weighted by atomic mass is 35.5. The van der Waals surface area contributed by atoms with Crippen molar-refractivity contribution in [3.8, 4) is 0 Å². The first-order valence-corrected chi connectivity index (χ1v) is 8.83. The van der Waals surface area contributed by atoms with Crippen molar-refractivity contribution < 1.29 is 22.8 Å². The van der Waals surface area contributed by atoms with Crippen LogP contribution >= 0.6 is 11.6 Å². The molecule has 2 aromatic carbocycles. The van der Waals surface area contributed by atoms with Gasteiger partial charge < -0.3 is 10.6 Å². The number of hydrogen-bond acceptors (Lipinski definition) is 3. The molecule has 2 aromatic rings. The molecule has 4 nitrogen and oxygen atoms in total. The number of Topliss-reactive ketones (excluding diaryl/α,β-unsaturated/α-hetero) is 1. The summed E-state index contributed by atoms with van der Waals surface area (Å²) < 4.78 is 37.9. The summed E-state index contributed by atoms with van der Waals surface area (Å²) in [5.74, 6) is -1.20. The minimum atomic E-state index is -4.44. The number of amides is 1. The molecule has 0 atom stereocenters. The normalized spacial score (nSPS) is 11.8. The molecule has 0 fully saturated rings. The van der Waals surface area contributed by atoms with Gasteiger partial charge in [-0.05, 0) is 42.8 Å². The van der Waals surface area contributed by atoms with E-state index in [9.17, 15) is 22.8 Å². The molecule has 148 valence electrons. The van der Waals surface area contributed by atoms with Crippen molar-refractivity contribution in [2.24, 2.45) is 0 Å². The lowest BCUT2D eigenvalue weighted by molar-refractivity contribution is -0.137. The molecular formula is C20H18ClF3N2O2. The van der Waals surface area contributed by atoms with E-state index in [0.29, 0.717) is 18.7 Å². The van der Waals surface area contributed by atoms with E-state index in [1.807, 2.05) is 6.92 Å². The van der Waals surface area contributed by atoms with Crippen molar-refractivity contribution in [3.05, 3.63) is 76.5 Å². The van der Waals surface area contributed by atoms with Crippen LogP contribution in [0.15, 0.2) is 60.3 Å². The molecule has 0 spiro atoms. The zero-order valence-corrected chi connectivity index (χ0v) is 15.7. The van der Waals surface area contributed by atoms with E-state index in [1.54, 1.807) is 12.1 Å². The van der Waals surface area contributed by atoms with Crippen LogP contribution in [0.25, 0.3) is 0 Å². The lowest BCUT2D eigenvalue weighted by Crippen LogP contribution is -2.29. The van der Waals surface area contributed by atoms with E-state index >= 15 is 0 Å². The number of nitrogens with one attached hydrogen (secondary N) is 2. The Kier molecular flexibility index (Phi) is 7.23. The number of rotatable bonds is 7. The van der Waals surface area contributed by atoms with Crippen LogP contribution in [0.3, 0.4) is 0 Å². The first kappa shape index (κ1) is 21.5. The summed E-state index contributed by atoms with van der Waals surface area (Å²) in [4.78, 5) is 25.2. The zero-order valence-electron chi connectivity index (χ0n) is 14.9. The third-order valence-electron chi connectivity index (χ3n) is 3.74. The summed E-state index contributed by atoms with van der Waals surface area (Å²) in [6, 6.07) is 10.5. The second-order valence-electron chi connectivity index (χ2n) is 5.84. The molecule has 1 amide bonds. The Morgan fingerprint density at radius 2 is 1.71 bits per heavy atom. The van der Waals surface area contributed by atoms with Gasteiger partial charge in [0.15, 0.2) is 0 Å². The molecule has 2 rings (SSSR count). The number of hydrogen-bond donors (Lipinski definition) is 2. The fourth-order valence-corrected chi connectivity index (χ4v) is 2.49. The Hall–Kier alpha value is -2.80. The van der Waals surface area contributed by atoms with Crippen LogP contribution in [-0.4, -0.2) is 18.2 Å². The monoisotopic (exact) mass is 410 g/mol. The second-order valence-corrected chi connectivity index (χ2v) is 6.25. The third-order valence-corrected chi connectivity index (χ3v) is 4.07. The summed E-state index contributed by atoms with van der Waals surface area (Å²) in [5, 5.41) is 5.50. The van der Waals surface area contributed by atoms with Crippen LogP contribution in [0.5, 0.6) is 0 Å². The molecule has 2 N–H and O–H groups in total. The van der Waals surface area contributed by atoms with Gasteiger partial charge in [-0.25, -0.2) is 0 Å². The molecule has 28 heavy (non-hydrogen) atoms. The van der Waals surface area contributed by atoms with Gasteiger partial charge in [-0.3, -0.25) is 9.59 Å².